The molecular formula is C19H26O2. The van der Waals surface area contributed by atoms with E-state index in [1.54, 1.807) is 0 Å². The van der Waals surface area contributed by atoms with Crippen molar-refractivity contribution in [1.82, 2.24) is 0 Å². The van der Waals surface area contributed by atoms with Gasteiger partial charge in [-0.05, 0) is 44.1 Å². The van der Waals surface area contributed by atoms with Crippen LogP contribution >= 0.6 is 0 Å². The first-order valence-electron chi connectivity index (χ1n) is 8.54. The van der Waals surface area contributed by atoms with Crippen LogP contribution in [-0.2, 0) is 4.74 Å². The van der Waals surface area contributed by atoms with Crippen molar-refractivity contribution >= 4 is 5.78 Å². The molecule has 0 heterocycles. The summed E-state index contributed by atoms with van der Waals surface area (Å²) in [5.41, 5.74) is 1.64. The second-order valence-corrected chi connectivity index (χ2v) is 6.53. The van der Waals surface area contributed by atoms with Gasteiger partial charge in [0.05, 0.1) is 0 Å². The normalized spacial score (nSPS) is 21.8. The van der Waals surface area contributed by atoms with Crippen molar-refractivity contribution in [2.45, 2.75) is 69.8 Å². The quantitative estimate of drug-likeness (QED) is 0.721. The Morgan fingerprint density at radius 3 is 2.48 bits per heavy atom. The summed E-state index contributed by atoms with van der Waals surface area (Å²) in [6.07, 6.45) is 8.97. The molecule has 1 aromatic rings. The van der Waals surface area contributed by atoms with E-state index in [1.807, 2.05) is 19.1 Å². The largest absolute Gasteiger partial charge is 0.367 e. The van der Waals surface area contributed by atoms with Gasteiger partial charge in [-0.2, -0.15) is 0 Å². The molecule has 1 aromatic carbocycles. The zero-order valence-electron chi connectivity index (χ0n) is 13.1. The second-order valence-electron chi connectivity index (χ2n) is 6.53. The molecule has 0 saturated heterocycles. The zero-order chi connectivity index (χ0) is 14.7. The van der Waals surface area contributed by atoms with Gasteiger partial charge in [0.2, 0.25) is 0 Å². The van der Waals surface area contributed by atoms with E-state index in [2.05, 4.69) is 12.1 Å². The molecule has 2 aliphatic rings. The number of Topliss-reactive ketones (excluding diaryl/α,β-unsaturated/α-hetero) is 1. The Labute approximate surface area is 127 Å². The fourth-order valence-electron chi connectivity index (χ4n) is 3.86. The lowest BCUT2D eigenvalue weighted by Crippen LogP contribution is -2.44. The van der Waals surface area contributed by atoms with Gasteiger partial charge in [0.25, 0.3) is 0 Å². The fourth-order valence-corrected chi connectivity index (χ4v) is 3.86. The summed E-state index contributed by atoms with van der Waals surface area (Å²) >= 11 is 0. The van der Waals surface area contributed by atoms with Crippen LogP contribution in [0.3, 0.4) is 0 Å². The number of hydrogen-bond acceptors (Lipinski definition) is 2. The number of rotatable bonds is 5. The van der Waals surface area contributed by atoms with Crippen LogP contribution in [0, 0.1) is 0 Å². The highest BCUT2D eigenvalue weighted by atomic mass is 16.5. The summed E-state index contributed by atoms with van der Waals surface area (Å²) in [5.74, 6) is 0.832. The number of benzene rings is 1. The Morgan fingerprint density at radius 2 is 1.86 bits per heavy atom. The molecular weight excluding hydrogens is 260 g/mol. The maximum Gasteiger partial charge on any atom is 0.194 e. The summed E-state index contributed by atoms with van der Waals surface area (Å²) < 4.78 is 6.02. The van der Waals surface area contributed by atoms with E-state index in [0.717, 1.165) is 31.2 Å². The number of ketones is 1. The van der Waals surface area contributed by atoms with Gasteiger partial charge in [-0.15, -0.1) is 0 Å². The maximum absolute atomic E-state index is 13.3. The predicted molar refractivity (Wildman–Crippen MR) is 84.8 cm³/mol. The van der Waals surface area contributed by atoms with Gasteiger partial charge < -0.3 is 4.74 Å². The fraction of sp³-hybridized carbons (Fsp3) is 0.632. The van der Waals surface area contributed by atoms with E-state index >= 15 is 0 Å². The number of carbonyl (C=O) groups excluding carboxylic acids is 1. The van der Waals surface area contributed by atoms with Crippen LogP contribution < -0.4 is 0 Å². The molecule has 114 valence electrons. The average molecular weight is 286 g/mol. The summed E-state index contributed by atoms with van der Waals surface area (Å²) in [6.45, 7) is 2.62. The van der Waals surface area contributed by atoms with Gasteiger partial charge >= 0.3 is 0 Å². The topological polar surface area (TPSA) is 26.3 Å². The minimum absolute atomic E-state index is 0.242. The van der Waals surface area contributed by atoms with Gasteiger partial charge in [0.15, 0.2) is 5.78 Å². The van der Waals surface area contributed by atoms with Crippen LogP contribution in [0.4, 0.5) is 0 Å². The Balaban J connectivity index is 1.92. The first kappa shape index (κ1) is 14.8. The van der Waals surface area contributed by atoms with Crippen molar-refractivity contribution in [2.75, 3.05) is 6.61 Å². The summed E-state index contributed by atoms with van der Waals surface area (Å²) in [6, 6.07) is 8.24. The number of ether oxygens (including phenoxy) is 1. The molecule has 0 unspecified atom stereocenters. The van der Waals surface area contributed by atoms with Crippen molar-refractivity contribution in [3.8, 4) is 0 Å². The highest BCUT2D eigenvalue weighted by molar-refractivity contribution is 6.04. The van der Waals surface area contributed by atoms with E-state index in [4.69, 9.17) is 4.74 Å². The van der Waals surface area contributed by atoms with Crippen LogP contribution in [-0.4, -0.2) is 18.0 Å². The Morgan fingerprint density at radius 1 is 1.14 bits per heavy atom. The molecule has 2 nitrogen and oxygen atoms in total. The molecule has 0 radical (unpaired) electrons. The molecule has 0 spiro atoms. The molecule has 0 aromatic heterocycles. The minimum atomic E-state index is -0.549. The third-order valence-corrected chi connectivity index (χ3v) is 5.25. The molecule has 0 atom stereocenters. The lowest BCUT2D eigenvalue weighted by molar-refractivity contribution is -0.0412. The lowest BCUT2D eigenvalue weighted by atomic mass is 9.73. The van der Waals surface area contributed by atoms with Crippen LogP contribution in [0.15, 0.2) is 24.3 Å². The third kappa shape index (κ3) is 2.78. The molecule has 0 aliphatic heterocycles. The predicted octanol–water partition coefficient (Wildman–Crippen LogP) is 4.88. The summed E-state index contributed by atoms with van der Waals surface area (Å²) in [7, 11) is 0. The first-order chi connectivity index (χ1) is 10.3. The SMILES string of the molecule is CCOC1(C(=O)c2ccccc2C2CCC2)CCCCC1. The summed E-state index contributed by atoms with van der Waals surface area (Å²) in [5, 5.41) is 0. The van der Waals surface area contributed by atoms with Crippen LogP contribution in [0.2, 0.25) is 0 Å². The van der Waals surface area contributed by atoms with E-state index in [1.165, 1.54) is 31.2 Å². The second kappa shape index (κ2) is 6.31. The maximum atomic E-state index is 13.3. The van der Waals surface area contributed by atoms with Crippen LogP contribution in [0.25, 0.3) is 0 Å². The van der Waals surface area contributed by atoms with Gasteiger partial charge in [-0.1, -0.05) is 49.9 Å². The van der Waals surface area contributed by atoms with Gasteiger partial charge in [-0.3, -0.25) is 4.79 Å². The minimum Gasteiger partial charge on any atom is -0.367 e. The standard InChI is InChI=1S/C19H26O2/c1-2-21-19(13-6-3-7-14-19)18(20)17-12-5-4-11-16(17)15-9-8-10-15/h4-5,11-12,15H,2-3,6-10,13-14H2,1H3. The Kier molecular flexibility index (Phi) is 4.44. The third-order valence-electron chi connectivity index (χ3n) is 5.25. The monoisotopic (exact) mass is 286 g/mol. The van der Waals surface area contributed by atoms with Crippen molar-refractivity contribution in [3.05, 3.63) is 35.4 Å². The Bertz CT molecular complexity index is 491. The summed E-state index contributed by atoms with van der Waals surface area (Å²) in [4.78, 5) is 13.3. The molecule has 2 saturated carbocycles. The van der Waals surface area contributed by atoms with Gasteiger partial charge in [-0.25, -0.2) is 0 Å². The highest BCUT2D eigenvalue weighted by Crippen LogP contribution is 2.41. The molecule has 2 heteroatoms. The molecule has 2 fully saturated rings. The van der Waals surface area contributed by atoms with Gasteiger partial charge in [0.1, 0.15) is 5.60 Å². The van der Waals surface area contributed by atoms with Crippen molar-refractivity contribution < 1.29 is 9.53 Å². The number of carbonyl (C=O) groups is 1. The van der Waals surface area contributed by atoms with E-state index < -0.39 is 5.60 Å². The van der Waals surface area contributed by atoms with Crippen molar-refractivity contribution in [1.29, 1.82) is 0 Å². The van der Waals surface area contributed by atoms with Crippen molar-refractivity contribution in [3.63, 3.8) is 0 Å². The molecule has 3 rings (SSSR count). The van der Waals surface area contributed by atoms with Crippen LogP contribution in [0.5, 0.6) is 0 Å². The average Bonchev–Trinajstić information content (AvgIpc) is 2.47. The molecule has 0 N–H and O–H groups in total. The molecule has 21 heavy (non-hydrogen) atoms. The van der Waals surface area contributed by atoms with Crippen molar-refractivity contribution in [2.24, 2.45) is 0 Å². The first-order valence-corrected chi connectivity index (χ1v) is 8.54. The van der Waals surface area contributed by atoms with Crippen LogP contribution in [0.1, 0.15) is 80.1 Å². The molecule has 0 amide bonds. The highest BCUT2D eigenvalue weighted by Gasteiger charge is 2.42. The lowest BCUT2D eigenvalue weighted by Gasteiger charge is -2.37. The molecule has 2 aliphatic carbocycles. The van der Waals surface area contributed by atoms with E-state index in [9.17, 15) is 4.79 Å². The Hall–Kier alpha value is -1.15. The van der Waals surface area contributed by atoms with E-state index in [-0.39, 0.29) is 5.78 Å². The van der Waals surface area contributed by atoms with Gasteiger partial charge in [0, 0.05) is 12.2 Å². The zero-order valence-corrected chi connectivity index (χ0v) is 13.1. The number of hydrogen-bond donors (Lipinski definition) is 0. The smallest absolute Gasteiger partial charge is 0.194 e. The molecule has 0 bridgehead atoms. The van der Waals surface area contributed by atoms with E-state index in [0.29, 0.717) is 12.5 Å².